The SMILES string of the molecule is CCCCCCC.ClB(Cl)Cl. The van der Waals surface area contributed by atoms with Crippen molar-refractivity contribution in [3.63, 3.8) is 0 Å². The van der Waals surface area contributed by atoms with Crippen LogP contribution in [0.4, 0.5) is 0 Å². The van der Waals surface area contributed by atoms with E-state index in [9.17, 15) is 0 Å². The van der Waals surface area contributed by atoms with Crippen molar-refractivity contribution in [3.05, 3.63) is 0 Å². The maximum atomic E-state index is 4.81. The van der Waals surface area contributed by atoms with Gasteiger partial charge in [-0.15, -0.1) is 0 Å². The van der Waals surface area contributed by atoms with Crippen molar-refractivity contribution in [2.75, 3.05) is 0 Å². The molecule has 0 aromatic heterocycles. The van der Waals surface area contributed by atoms with Gasteiger partial charge in [0.2, 0.25) is 0 Å². The van der Waals surface area contributed by atoms with Gasteiger partial charge in [0, 0.05) is 0 Å². The van der Waals surface area contributed by atoms with Gasteiger partial charge in [-0.1, -0.05) is 46.0 Å². The van der Waals surface area contributed by atoms with Gasteiger partial charge in [0.1, 0.15) is 0 Å². The first-order valence-electron chi connectivity index (χ1n) is 4.07. The van der Waals surface area contributed by atoms with Crippen molar-refractivity contribution in [2.24, 2.45) is 0 Å². The molecule has 0 aliphatic heterocycles. The minimum absolute atomic E-state index is 0.750. The summed E-state index contributed by atoms with van der Waals surface area (Å²) < 4.78 is 0. The van der Waals surface area contributed by atoms with Gasteiger partial charge in [-0.05, 0) is 0 Å². The molecule has 0 unspecified atom stereocenters. The molecule has 0 aliphatic carbocycles. The third kappa shape index (κ3) is 35.8. The van der Waals surface area contributed by atoms with Crippen LogP contribution in [0.3, 0.4) is 0 Å². The molecular formula is C7H16BCl3. The lowest BCUT2D eigenvalue weighted by Crippen LogP contribution is -1.70. The highest BCUT2D eigenvalue weighted by molar-refractivity contribution is 7.54. The molecule has 0 atom stereocenters. The second-order valence-electron chi connectivity index (χ2n) is 2.31. The summed E-state index contributed by atoms with van der Waals surface area (Å²) in [6.45, 7) is 4.49. The zero-order valence-corrected chi connectivity index (χ0v) is 9.51. The van der Waals surface area contributed by atoms with Gasteiger partial charge in [0.25, 0.3) is 0 Å². The van der Waals surface area contributed by atoms with Gasteiger partial charge < -0.3 is 0 Å². The van der Waals surface area contributed by atoms with E-state index in [1.54, 1.807) is 0 Å². The van der Waals surface area contributed by atoms with Crippen LogP contribution in [0.2, 0.25) is 0 Å². The third-order valence-corrected chi connectivity index (χ3v) is 1.21. The van der Waals surface area contributed by atoms with Crippen molar-refractivity contribution in [1.82, 2.24) is 0 Å². The molecule has 0 nitrogen and oxygen atoms in total. The highest BCUT2D eigenvalue weighted by Crippen LogP contribution is 2.00. The highest BCUT2D eigenvalue weighted by atomic mass is 35.6. The van der Waals surface area contributed by atoms with E-state index in [4.69, 9.17) is 34.4 Å². The normalized spacial score (nSPS) is 8.45. The highest BCUT2D eigenvalue weighted by Gasteiger charge is 1.91. The van der Waals surface area contributed by atoms with Gasteiger partial charge >= 0.3 is 4.96 Å². The summed E-state index contributed by atoms with van der Waals surface area (Å²) in [5, 5.41) is 0. The zero-order chi connectivity index (χ0) is 9.11. The molecule has 0 radical (unpaired) electrons. The van der Waals surface area contributed by atoms with Crippen LogP contribution in [0.25, 0.3) is 0 Å². The third-order valence-electron chi connectivity index (χ3n) is 1.21. The van der Waals surface area contributed by atoms with Gasteiger partial charge in [-0.2, -0.15) is 34.4 Å². The smallest absolute Gasteiger partial charge is 0.150 e. The van der Waals surface area contributed by atoms with E-state index in [-0.39, 0.29) is 0 Å². The second kappa shape index (κ2) is 13.5. The van der Waals surface area contributed by atoms with E-state index in [0.717, 1.165) is 0 Å². The van der Waals surface area contributed by atoms with Gasteiger partial charge in [0.15, 0.2) is 0 Å². The summed E-state index contributed by atoms with van der Waals surface area (Å²) >= 11 is 14.4. The molecule has 0 aromatic rings. The molecule has 0 rings (SSSR count). The monoisotopic (exact) mass is 216 g/mol. The lowest BCUT2D eigenvalue weighted by atomic mass is 10.2. The van der Waals surface area contributed by atoms with Crippen LogP contribution in [0, 0.1) is 0 Å². The average Bonchev–Trinajstić information content (AvgIpc) is 1.88. The molecule has 68 valence electrons. The molecule has 0 N–H and O–H groups in total. The molecule has 4 heteroatoms. The molecule has 0 saturated heterocycles. The standard InChI is InChI=1S/C7H16.BCl3/c1-3-5-7-6-4-2;2-1(3)4/h3-7H2,1-2H3;. The number of unbranched alkanes of at least 4 members (excludes halogenated alkanes) is 4. The van der Waals surface area contributed by atoms with E-state index in [0.29, 0.717) is 0 Å². The van der Waals surface area contributed by atoms with Crippen LogP contribution in [0.5, 0.6) is 0 Å². The molecule has 0 amide bonds. The van der Waals surface area contributed by atoms with Crippen molar-refractivity contribution in [1.29, 1.82) is 0 Å². The summed E-state index contributed by atoms with van der Waals surface area (Å²) in [5.74, 6) is 0. The Morgan fingerprint density at radius 3 is 1.27 bits per heavy atom. The fourth-order valence-corrected chi connectivity index (χ4v) is 0.677. The first-order valence-corrected chi connectivity index (χ1v) is 5.38. The number of hydrogen-bond donors (Lipinski definition) is 0. The Bertz CT molecular complexity index is 52.9. The van der Waals surface area contributed by atoms with E-state index in [2.05, 4.69) is 13.8 Å². The quantitative estimate of drug-likeness (QED) is 0.474. The minimum atomic E-state index is -0.750. The summed E-state index contributed by atoms with van der Waals surface area (Å²) in [6.07, 6.45) is 7.01. The Kier molecular flexibility index (Phi) is 17.8. The summed E-state index contributed by atoms with van der Waals surface area (Å²) in [4.78, 5) is -0.750. The fourth-order valence-electron chi connectivity index (χ4n) is 0.677. The predicted octanol–water partition coefficient (Wildman–Crippen LogP) is 4.66. The lowest BCUT2D eigenvalue weighted by Gasteiger charge is -1.90. The Balaban J connectivity index is 0. The number of rotatable bonds is 4. The largest absolute Gasteiger partial charge is 0.450 e. The number of hydrogen-bond acceptors (Lipinski definition) is 0. The van der Waals surface area contributed by atoms with Crippen LogP contribution in [-0.2, 0) is 0 Å². The molecule has 0 heterocycles. The van der Waals surface area contributed by atoms with Crippen LogP contribution in [0.1, 0.15) is 46.0 Å². The molecule has 0 aliphatic rings. The van der Waals surface area contributed by atoms with Crippen LogP contribution in [0.15, 0.2) is 0 Å². The predicted molar refractivity (Wildman–Crippen MR) is 57.7 cm³/mol. The summed E-state index contributed by atoms with van der Waals surface area (Å²) in [5.41, 5.74) is 0. The minimum Gasteiger partial charge on any atom is -0.150 e. The summed E-state index contributed by atoms with van der Waals surface area (Å²) in [7, 11) is 0. The van der Waals surface area contributed by atoms with Gasteiger partial charge in [-0.25, -0.2) is 0 Å². The van der Waals surface area contributed by atoms with E-state index in [1.807, 2.05) is 0 Å². The van der Waals surface area contributed by atoms with Crippen LogP contribution < -0.4 is 0 Å². The fraction of sp³-hybridized carbons (Fsp3) is 1.00. The lowest BCUT2D eigenvalue weighted by molar-refractivity contribution is 0.656. The molecule has 0 saturated carbocycles. The van der Waals surface area contributed by atoms with E-state index in [1.165, 1.54) is 32.1 Å². The van der Waals surface area contributed by atoms with E-state index >= 15 is 0 Å². The molecular weight excluding hydrogens is 201 g/mol. The zero-order valence-electron chi connectivity index (χ0n) is 7.25. The maximum Gasteiger partial charge on any atom is 0.450 e. The topological polar surface area (TPSA) is 0 Å². The van der Waals surface area contributed by atoms with E-state index < -0.39 is 4.96 Å². The Morgan fingerprint density at radius 1 is 0.818 bits per heavy atom. The summed E-state index contributed by atoms with van der Waals surface area (Å²) in [6, 6.07) is 0. The second-order valence-corrected chi connectivity index (χ2v) is 4.29. The van der Waals surface area contributed by atoms with Crippen molar-refractivity contribution >= 4 is 39.3 Å². The Labute approximate surface area is 85.4 Å². The van der Waals surface area contributed by atoms with Crippen molar-refractivity contribution < 1.29 is 0 Å². The molecule has 0 spiro atoms. The van der Waals surface area contributed by atoms with Crippen LogP contribution >= 0.6 is 34.4 Å². The Morgan fingerprint density at radius 2 is 1.09 bits per heavy atom. The van der Waals surface area contributed by atoms with Crippen molar-refractivity contribution in [2.45, 2.75) is 46.0 Å². The van der Waals surface area contributed by atoms with Gasteiger partial charge in [-0.3, -0.25) is 0 Å². The van der Waals surface area contributed by atoms with Crippen LogP contribution in [-0.4, -0.2) is 4.96 Å². The molecule has 11 heavy (non-hydrogen) atoms. The average molecular weight is 217 g/mol. The van der Waals surface area contributed by atoms with Crippen molar-refractivity contribution in [3.8, 4) is 0 Å². The maximum absolute atomic E-state index is 4.81. The first kappa shape index (κ1) is 14.5. The van der Waals surface area contributed by atoms with Gasteiger partial charge in [0.05, 0.1) is 0 Å². The molecule has 0 fully saturated rings. The first-order chi connectivity index (χ1) is 5.15. The molecule has 0 aromatic carbocycles. The Hall–Kier alpha value is 0.935. The number of halogens is 3. The molecule has 0 bridgehead atoms.